The zero-order chi connectivity index (χ0) is 24.1. The molecular weight excluding hydrogens is 434 g/mol. The highest BCUT2D eigenvalue weighted by Crippen LogP contribution is 2.26. The number of nitrogens with zero attached hydrogens (tertiary/aromatic N) is 1. The van der Waals surface area contributed by atoms with Gasteiger partial charge in [-0.15, -0.1) is 0 Å². The predicted octanol–water partition coefficient (Wildman–Crippen LogP) is 4.00. The summed E-state index contributed by atoms with van der Waals surface area (Å²) in [6.07, 6.45) is 0. The molecule has 0 atom stereocenters. The molecule has 172 valence electrons. The molecule has 8 heteroatoms. The van der Waals surface area contributed by atoms with Gasteiger partial charge in [0.05, 0.1) is 38.1 Å². The number of pyridine rings is 1. The minimum atomic E-state index is -0.515. The molecule has 0 fully saturated rings. The van der Waals surface area contributed by atoms with Crippen molar-refractivity contribution in [3.63, 3.8) is 0 Å². The van der Waals surface area contributed by atoms with Gasteiger partial charge in [0.2, 0.25) is 0 Å². The molecule has 4 rings (SSSR count). The Morgan fingerprint density at radius 2 is 1.32 bits per heavy atom. The van der Waals surface area contributed by atoms with Gasteiger partial charge in [-0.05, 0) is 48.5 Å². The van der Waals surface area contributed by atoms with Crippen LogP contribution in [0, 0.1) is 0 Å². The van der Waals surface area contributed by atoms with Crippen LogP contribution in [-0.4, -0.2) is 38.1 Å². The molecule has 3 aromatic carbocycles. The smallest absolute Gasteiger partial charge is 0.270 e. The molecule has 2 amide bonds. The Morgan fingerprint density at radius 3 is 1.97 bits per heavy atom. The van der Waals surface area contributed by atoms with Crippen molar-refractivity contribution in [3.05, 3.63) is 83.9 Å². The van der Waals surface area contributed by atoms with Crippen LogP contribution in [0.2, 0.25) is 0 Å². The predicted molar refractivity (Wildman–Crippen MR) is 128 cm³/mol. The van der Waals surface area contributed by atoms with E-state index in [0.717, 1.165) is 11.3 Å². The van der Waals surface area contributed by atoms with Crippen LogP contribution >= 0.6 is 0 Å². The summed E-state index contributed by atoms with van der Waals surface area (Å²) in [7, 11) is 4.59. The summed E-state index contributed by atoms with van der Waals surface area (Å²) in [5.74, 6) is 0.649. The molecule has 0 spiro atoms. The summed E-state index contributed by atoms with van der Waals surface area (Å²) < 4.78 is 15.6. The second kappa shape index (κ2) is 9.91. The highest BCUT2D eigenvalue weighted by atomic mass is 16.5. The molecule has 0 aliphatic carbocycles. The van der Waals surface area contributed by atoms with E-state index in [-0.39, 0.29) is 5.56 Å². The fraction of sp³-hybridized carbons (Fsp3) is 0.115. The Hall–Kier alpha value is -4.59. The van der Waals surface area contributed by atoms with E-state index >= 15 is 0 Å². The van der Waals surface area contributed by atoms with Crippen molar-refractivity contribution in [3.8, 4) is 28.5 Å². The summed E-state index contributed by atoms with van der Waals surface area (Å²) in [6.45, 7) is 0. The standard InChI is InChI=1S/C26H23N3O5/c1-32-18-10-8-16(9-11-18)24-15-22(21-6-4-5-7-23(21)27-24)26(31)29-28-25(30)17-12-19(33-2)14-20(13-17)34-3/h4-15H,1-3H3,(H,28,30)(H,29,31). The number of nitrogens with one attached hydrogen (secondary N) is 2. The van der Waals surface area contributed by atoms with Crippen molar-refractivity contribution in [2.45, 2.75) is 0 Å². The first-order valence-corrected chi connectivity index (χ1v) is 10.4. The maximum atomic E-state index is 13.1. The lowest BCUT2D eigenvalue weighted by atomic mass is 10.0. The largest absolute Gasteiger partial charge is 0.497 e. The van der Waals surface area contributed by atoms with Crippen molar-refractivity contribution in [1.82, 2.24) is 15.8 Å². The quantitative estimate of drug-likeness (QED) is 0.425. The molecule has 34 heavy (non-hydrogen) atoms. The van der Waals surface area contributed by atoms with Crippen molar-refractivity contribution in [2.75, 3.05) is 21.3 Å². The van der Waals surface area contributed by atoms with E-state index in [1.54, 1.807) is 31.4 Å². The third-order valence-corrected chi connectivity index (χ3v) is 5.25. The van der Waals surface area contributed by atoms with Crippen LogP contribution in [0.3, 0.4) is 0 Å². The zero-order valence-electron chi connectivity index (χ0n) is 18.9. The SMILES string of the molecule is COc1ccc(-c2cc(C(=O)NNC(=O)c3cc(OC)cc(OC)c3)c3ccccc3n2)cc1. The second-order valence-electron chi connectivity index (χ2n) is 7.31. The number of benzene rings is 3. The van der Waals surface area contributed by atoms with Gasteiger partial charge in [-0.1, -0.05) is 18.2 Å². The van der Waals surface area contributed by atoms with Crippen LogP contribution in [0.1, 0.15) is 20.7 Å². The monoisotopic (exact) mass is 457 g/mol. The van der Waals surface area contributed by atoms with Crippen LogP contribution in [0.15, 0.2) is 72.8 Å². The first-order chi connectivity index (χ1) is 16.5. The number of rotatable bonds is 6. The van der Waals surface area contributed by atoms with E-state index in [1.807, 2.05) is 48.5 Å². The third-order valence-electron chi connectivity index (χ3n) is 5.25. The Morgan fingerprint density at radius 1 is 0.706 bits per heavy atom. The van der Waals surface area contributed by atoms with Crippen molar-refractivity contribution < 1.29 is 23.8 Å². The van der Waals surface area contributed by atoms with E-state index in [2.05, 4.69) is 15.8 Å². The first kappa shape index (κ1) is 22.6. The zero-order valence-corrected chi connectivity index (χ0v) is 18.9. The molecular formula is C26H23N3O5. The fourth-order valence-corrected chi connectivity index (χ4v) is 3.46. The number of methoxy groups -OCH3 is 3. The lowest BCUT2D eigenvalue weighted by molar-refractivity contribution is 0.0847. The van der Waals surface area contributed by atoms with Crippen LogP contribution < -0.4 is 25.1 Å². The van der Waals surface area contributed by atoms with Crippen LogP contribution in [-0.2, 0) is 0 Å². The summed E-state index contributed by atoms with van der Waals surface area (Å²) in [5, 5.41) is 0.662. The average molecular weight is 457 g/mol. The van der Waals surface area contributed by atoms with E-state index in [9.17, 15) is 9.59 Å². The van der Waals surface area contributed by atoms with Crippen molar-refractivity contribution in [1.29, 1.82) is 0 Å². The number of hydrazine groups is 1. The van der Waals surface area contributed by atoms with E-state index in [1.165, 1.54) is 14.2 Å². The molecule has 0 bridgehead atoms. The fourth-order valence-electron chi connectivity index (χ4n) is 3.46. The molecule has 0 radical (unpaired) electrons. The number of aromatic nitrogens is 1. The van der Waals surface area contributed by atoms with Gasteiger partial charge in [0.1, 0.15) is 17.2 Å². The van der Waals surface area contributed by atoms with Crippen molar-refractivity contribution >= 4 is 22.7 Å². The molecule has 4 aromatic rings. The molecule has 0 saturated carbocycles. The summed E-state index contributed by atoms with van der Waals surface area (Å²) >= 11 is 0. The molecule has 1 aromatic heterocycles. The molecule has 1 heterocycles. The van der Waals surface area contributed by atoms with Crippen molar-refractivity contribution in [2.24, 2.45) is 0 Å². The number of hydrogen-bond donors (Lipinski definition) is 2. The summed E-state index contributed by atoms with van der Waals surface area (Å²) in [4.78, 5) is 30.5. The number of amides is 2. The number of fused-ring (bicyclic) bond motifs is 1. The second-order valence-corrected chi connectivity index (χ2v) is 7.31. The lowest BCUT2D eigenvalue weighted by Crippen LogP contribution is -2.41. The number of carbonyl (C=O) groups is 2. The lowest BCUT2D eigenvalue weighted by Gasteiger charge is -2.12. The number of carbonyl (C=O) groups excluding carboxylic acids is 2. The molecule has 2 N–H and O–H groups in total. The van der Waals surface area contributed by atoms with Gasteiger partial charge in [-0.25, -0.2) is 4.98 Å². The Labute approximate surface area is 196 Å². The summed E-state index contributed by atoms with van der Waals surface area (Å²) in [6, 6.07) is 21.2. The minimum Gasteiger partial charge on any atom is -0.497 e. The van der Waals surface area contributed by atoms with Gasteiger partial charge in [0.25, 0.3) is 11.8 Å². The van der Waals surface area contributed by atoms with Gasteiger partial charge in [0.15, 0.2) is 0 Å². The Kier molecular flexibility index (Phi) is 6.59. The van der Waals surface area contributed by atoms with Crippen LogP contribution in [0.25, 0.3) is 22.2 Å². The average Bonchev–Trinajstić information content (AvgIpc) is 2.90. The van der Waals surface area contributed by atoms with Gasteiger partial charge in [-0.2, -0.15) is 0 Å². The van der Waals surface area contributed by atoms with Gasteiger partial charge in [-0.3, -0.25) is 20.4 Å². The molecule has 0 aliphatic rings. The number of hydrogen-bond acceptors (Lipinski definition) is 6. The highest BCUT2D eigenvalue weighted by Gasteiger charge is 2.16. The van der Waals surface area contributed by atoms with Gasteiger partial charge >= 0.3 is 0 Å². The van der Waals surface area contributed by atoms with E-state index in [4.69, 9.17) is 14.2 Å². The van der Waals surface area contributed by atoms with E-state index in [0.29, 0.717) is 33.7 Å². The normalized spacial score (nSPS) is 10.4. The molecule has 0 aliphatic heterocycles. The van der Waals surface area contributed by atoms with E-state index < -0.39 is 11.8 Å². The van der Waals surface area contributed by atoms with Crippen LogP contribution in [0.4, 0.5) is 0 Å². The minimum absolute atomic E-state index is 0.273. The molecule has 8 nitrogen and oxygen atoms in total. The van der Waals surface area contributed by atoms with Gasteiger partial charge in [0, 0.05) is 22.6 Å². The van der Waals surface area contributed by atoms with Crippen LogP contribution in [0.5, 0.6) is 17.2 Å². The third kappa shape index (κ3) is 4.75. The summed E-state index contributed by atoms with van der Waals surface area (Å²) in [5.41, 5.74) is 7.70. The molecule has 0 unspecified atom stereocenters. The Bertz CT molecular complexity index is 1330. The topological polar surface area (TPSA) is 98.8 Å². The molecule has 0 saturated heterocycles. The maximum Gasteiger partial charge on any atom is 0.270 e. The number of para-hydroxylation sites is 1. The van der Waals surface area contributed by atoms with Gasteiger partial charge < -0.3 is 14.2 Å². The number of ether oxygens (including phenoxy) is 3. The first-order valence-electron chi connectivity index (χ1n) is 10.4. The maximum absolute atomic E-state index is 13.1. The Balaban J connectivity index is 1.61. The highest BCUT2D eigenvalue weighted by molar-refractivity contribution is 6.08.